The topological polar surface area (TPSA) is 81.1 Å². The summed E-state index contributed by atoms with van der Waals surface area (Å²) < 4.78 is 27.4. The van der Waals surface area contributed by atoms with E-state index in [9.17, 15) is 13.2 Å². The molecule has 0 unspecified atom stereocenters. The lowest BCUT2D eigenvalue weighted by molar-refractivity contribution is 0.0993. The van der Waals surface area contributed by atoms with Gasteiger partial charge in [-0.1, -0.05) is 31.0 Å². The van der Waals surface area contributed by atoms with E-state index in [0.717, 1.165) is 17.1 Å². The fourth-order valence-corrected chi connectivity index (χ4v) is 5.52. The summed E-state index contributed by atoms with van der Waals surface area (Å²) in [5.74, 6) is 0.00871. The molecule has 0 radical (unpaired) electrons. The molecule has 1 aliphatic rings. The average molecular weight is 436 g/mol. The Hall–Kier alpha value is -1.80. The maximum atomic E-state index is 12.9. The summed E-state index contributed by atoms with van der Waals surface area (Å²) in [4.78, 5) is 17.7. The van der Waals surface area contributed by atoms with Gasteiger partial charge in [-0.05, 0) is 57.9 Å². The van der Waals surface area contributed by atoms with Gasteiger partial charge in [-0.3, -0.25) is 9.52 Å². The Labute approximate surface area is 177 Å². The number of benzene rings is 1. The molecule has 1 aromatic carbocycles. The quantitative estimate of drug-likeness (QED) is 0.502. The molecule has 1 aliphatic carbocycles. The van der Waals surface area contributed by atoms with Gasteiger partial charge in [-0.15, -0.1) is 0 Å². The van der Waals surface area contributed by atoms with Crippen LogP contribution in [0.3, 0.4) is 0 Å². The number of Topliss-reactive ketones (excluding diaryl/α,β-unsaturated/α-hetero) is 1. The number of ketones is 1. The molecule has 6 nitrogen and oxygen atoms in total. The highest BCUT2D eigenvalue weighted by Crippen LogP contribution is 2.36. The van der Waals surface area contributed by atoms with Crippen molar-refractivity contribution in [1.29, 1.82) is 0 Å². The third-order valence-corrected chi connectivity index (χ3v) is 7.09. The van der Waals surface area contributed by atoms with Gasteiger partial charge in [-0.25, -0.2) is 13.4 Å². The Bertz CT molecular complexity index is 975. The molecular weight excluding hydrogens is 406 g/mol. The number of aromatic nitrogens is 2. The monoisotopic (exact) mass is 435 g/mol. The predicted molar refractivity (Wildman–Crippen MR) is 118 cm³/mol. The van der Waals surface area contributed by atoms with E-state index in [-0.39, 0.29) is 11.0 Å². The first-order valence-electron chi connectivity index (χ1n) is 10.00. The number of carbonyl (C=O) groups excluding carboxylic acids is 1. The smallest absolute Gasteiger partial charge is 0.229 e. The van der Waals surface area contributed by atoms with Crippen molar-refractivity contribution in [3.05, 3.63) is 41.2 Å². The molecule has 3 rings (SSSR count). The Morgan fingerprint density at radius 2 is 1.79 bits per heavy atom. The number of rotatable bonds is 7. The highest BCUT2D eigenvalue weighted by molar-refractivity contribution is 8.00. The SMILES string of the molecule is Cc1nc(S[C@H](C)C(=O)c2ccc(NS(C)(=O)=O)cc2)n(C2CCCCC2)c1C. The Morgan fingerprint density at radius 3 is 2.38 bits per heavy atom. The van der Waals surface area contributed by atoms with Crippen LogP contribution in [0.2, 0.25) is 0 Å². The first-order valence-corrected chi connectivity index (χ1v) is 12.8. The van der Waals surface area contributed by atoms with Gasteiger partial charge in [0, 0.05) is 23.0 Å². The standard InChI is InChI=1S/C21H29N3O3S2/c1-14-15(2)24(19-8-6-5-7-9-19)21(22-14)28-16(3)20(25)17-10-12-18(13-11-17)23-29(4,26)27/h10-13,16,19,23H,5-9H2,1-4H3/t16-/m1/s1. The Balaban J connectivity index is 1.75. The zero-order valence-electron chi connectivity index (χ0n) is 17.4. The fraction of sp³-hybridized carbons (Fsp3) is 0.524. The molecule has 0 aliphatic heterocycles. The number of aryl methyl sites for hydroxylation is 1. The van der Waals surface area contributed by atoms with E-state index in [1.54, 1.807) is 24.3 Å². The van der Waals surface area contributed by atoms with Gasteiger partial charge in [0.1, 0.15) is 0 Å². The first kappa shape index (κ1) is 21.9. The third kappa shape index (κ3) is 5.42. The van der Waals surface area contributed by atoms with Gasteiger partial charge in [0.25, 0.3) is 0 Å². The molecule has 0 bridgehead atoms. The van der Waals surface area contributed by atoms with Crippen LogP contribution in [-0.4, -0.2) is 35.3 Å². The van der Waals surface area contributed by atoms with E-state index in [2.05, 4.69) is 16.2 Å². The lowest BCUT2D eigenvalue weighted by Gasteiger charge is -2.26. The van der Waals surface area contributed by atoms with Crippen LogP contribution in [0.4, 0.5) is 5.69 Å². The number of nitrogens with zero attached hydrogens (tertiary/aromatic N) is 2. The molecule has 0 spiro atoms. The zero-order valence-corrected chi connectivity index (χ0v) is 19.1. The largest absolute Gasteiger partial charge is 0.320 e. The number of hydrogen-bond donors (Lipinski definition) is 1. The van der Waals surface area contributed by atoms with Crippen molar-refractivity contribution in [2.24, 2.45) is 0 Å². The van der Waals surface area contributed by atoms with Crippen molar-refractivity contribution in [1.82, 2.24) is 9.55 Å². The minimum absolute atomic E-state index is 0.00871. The lowest BCUT2D eigenvalue weighted by Crippen LogP contribution is -2.18. The summed E-state index contributed by atoms with van der Waals surface area (Å²) in [6.45, 7) is 6.04. The van der Waals surface area contributed by atoms with Crippen LogP contribution in [0.25, 0.3) is 0 Å². The van der Waals surface area contributed by atoms with Crippen molar-refractivity contribution in [2.45, 2.75) is 69.3 Å². The molecule has 1 N–H and O–H groups in total. The Kier molecular flexibility index (Phi) is 6.73. The van der Waals surface area contributed by atoms with Gasteiger partial charge in [0.2, 0.25) is 10.0 Å². The van der Waals surface area contributed by atoms with E-state index in [0.29, 0.717) is 17.3 Å². The van der Waals surface area contributed by atoms with Gasteiger partial charge >= 0.3 is 0 Å². The van der Waals surface area contributed by atoms with Crippen molar-refractivity contribution >= 4 is 33.3 Å². The normalized spacial score (nSPS) is 16.6. The number of sulfonamides is 1. The molecule has 2 aromatic rings. The first-order chi connectivity index (χ1) is 13.7. The van der Waals surface area contributed by atoms with Crippen LogP contribution in [0, 0.1) is 13.8 Å². The van der Waals surface area contributed by atoms with E-state index in [4.69, 9.17) is 4.98 Å². The van der Waals surface area contributed by atoms with Gasteiger partial charge in [0.05, 0.1) is 17.2 Å². The molecule has 1 fully saturated rings. The van der Waals surface area contributed by atoms with Crippen LogP contribution in [0.5, 0.6) is 0 Å². The summed E-state index contributed by atoms with van der Waals surface area (Å²) >= 11 is 1.51. The minimum Gasteiger partial charge on any atom is -0.320 e. The van der Waals surface area contributed by atoms with Crippen molar-refractivity contribution < 1.29 is 13.2 Å². The van der Waals surface area contributed by atoms with E-state index >= 15 is 0 Å². The van der Waals surface area contributed by atoms with Crippen LogP contribution in [0.15, 0.2) is 29.4 Å². The maximum Gasteiger partial charge on any atom is 0.229 e. The van der Waals surface area contributed by atoms with Crippen LogP contribution >= 0.6 is 11.8 Å². The third-order valence-electron chi connectivity index (χ3n) is 5.42. The second-order valence-corrected chi connectivity index (χ2v) is 10.9. The molecule has 8 heteroatoms. The van der Waals surface area contributed by atoms with Crippen molar-refractivity contribution in [3.63, 3.8) is 0 Å². The molecule has 1 atom stereocenters. The number of carbonyl (C=O) groups is 1. The molecular formula is C21H29N3O3S2. The average Bonchev–Trinajstić information content (AvgIpc) is 2.94. The number of anilines is 1. The van der Waals surface area contributed by atoms with E-state index < -0.39 is 10.0 Å². The van der Waals surface area contributed by atoms with E-state index in [1.165, 1.54) is 49.6 Å². The fourth-order valence-electron chi connectivity index (χ4n) is 3.81. The highest BCUT2D eigenvalue weighted by Gasteiger charge is 2.25. The number of hydrogen-bond acceptors (Lipinski definition) is 5. The lowest BCUT2D eigenvalue weighted by atomic mass is 9.95. The summed E-state index contributed by atoms with van der Waals surface area (Å²) in [7, 11) is -3.33. The molecule has 0 saturated heterocycles. The molecule has 1 aromatic heterocycles. The molecule has 0 amide bonds. The second-order valence-electron chi connectivity index (χ2n) is 7.80. The molecule has 1 saturated carbocycles. The zero-order chi connectivity index (χ0) is 21.2. The summed E-state index contributed by atoms with van der Waals surface area (Å²) in [5, 5.41) is 0.635. The highest BCUT2D eigenvalue weighted by atomic mass is 32.2. The number of imidazole rings is 1. The maximum absolute atomic E-state index is 12.9. The van der Waals surface area contributed by atoms with Crippen LogP contribution < -0.4 is 4.72 Å². The summed E-state index contributed by atoms with van der Waals surface area (Å²) in [6.07, 6.45) is 7.22. The summed E-state index contributed by atoms with van der Waals surface area (Å²) in [6, 6.07) is 7.02. The van der Waals surface area contributed by atoms with Gasteiger partial charge in [-0.2, -0.15) is 0 Å². The second kappa shape index (κ2) is 8.92. The number of nitrogens with one attached hydrogen (secondary N) is 1. The molecule has 158 valence electrons. The molecule has 1 heterocycles. The van der Waals surface area contributed by atoms with Gasteiger partial charge < -0.3 is 4.57 Å². The number of thioether (sulfide) groups is 1. The van der Waals surface area contributed by atoms with Gasteiger partial charge in [0.15, 0.2) is 10.9 Å². The van der Waals surface area contributed by atoms with E-state index in [1.807, 2.05) is 13.8 Å². The summed E-state index contributed by atoms with van der Waals surface area (Å²) in [5.41, 5.74) is 3.22. The van der Waals surface area contributed by atoms with Crippen molar-refractivity contribution in [2.75, 3.05) is 11.0 Å². The Morgan fingerprint density at radius 1 is 1.17 bits per heavy atom. The van der Waals surface area contributed by atoms with Crippen LogP contribution in [-0.2, 0) is 10.0 Å². The minimum atomic E-state index is -3.33. The van der Waals surface area contributed by atoms with Crippen LogP contribution in [0.1, 0.15) is 66.8 Å². The van der Waals surface area contributed by atoms with Crippen molar-refractivity contribution in [3.8, 4) is 0 Å². The predicted octanol–water partition coefficient (Wildman–Crippen LogP) is 4.74. The molecule has 29 heavy (non-hydrogen) atoms.